The van der Waals surface area contributed by atoms with Gasteiger partial charge in [0.15, 0.2) is 5.82 Å². The molecule has 8 nitrogen and oxygen atoms in total. The number of piperazine rings is 1. The molecule has 3 aromatic heterocycles. The first-order chi connectivity index (χ1) is 15.9. The number of anilines is 1. The molecule has 0 spiro atoms. The molecule has 0 bridgehead atoms. The summed E-state index contributed by atoms with van der Waals surface area (Å²) in [6.45, 7) is 13.1. The minimum Gasteiger partial charge on any atom is -0.353 e. The molecule has 9 heteroatoms. The van der Waals surface area contributed by atoms with Crippen LogP contribution in [0.5, 0.6) is 0 Å². The van der Waals surface area contributed by atoms with Crippen LogP contribution in [0.15, 0.2) is 6.33 Å². The van der Waals surface area contributed by atoms with E-state index in [1.807, 2.05) is 13.8 Å². The second-order valence-electron chi connectivity index (χ2n) is 9.47. The Kier molecular flexibility index (Phi) is 6.09. The molecule has 1 amide bonds. The molecule has 0 aromatic carbocycles. The summed E-state index contributed by atoms with van der Waals surface area (Å²) in [7, 11) is 0. The molecule has 0 saturated carbocycles. The highest BCUT2D eigenvalue weighted by molar-refractivity contribution is 7.15. The van der Waals surface area contributed by atoms with E-state index in [0.29, 0.717) is 6.54 Å². The molecular formula is C24H33N7OS. The first kappa shape index (κ1) is 22.3. The van der Waals surface area contributed by atoms with Gasteiger partial charge >= 0.3 is 0 Å². The van der Waals surface area contributed by atoms with Crippen molar-refractivity contribution >= 4 is 34.1 Å². The summed E-state index contributed by atoms with van der Waals surface area (Å²) in [6.07, 6.45) is 5.15. The van der Waals surface area contributed by atoms with Crippen LogP contribution >= 0.6 is 11.3 Å². The topological polar surface area (TPSA) is 79.2 Å². The zero-order valence-electron chi connectivity index (χ0n) is 20.0. The van der Waals surface area contributed by atoms with Gasteiger partial charge in [0.1, 0.15) is 22.4 Å². The number of fused-ring (bicyclic) bond motifs is 3. The Balaban J connectivity index is 1.46. The molecule has 0 radical (unpaired) electrons. The Morgan fingerprint density at radius 1 is 1.12 bits per heavy atom. The predicted octanol–water partition coefficient (Wildman–Crippen LogP) is 3.15. The normalized spacial score (nSPS) is 17.1. The van der Waals surface area contributed by atoms with Crippen LogP contribution in [-0.4, -0.2) is 69.1 Å². The monoisotopic (exact) mass is 467 g/mol. The molecule has 0 atom stereocenters. The first-order valence-corrected chi connectivity index (χ1v) is 12.8. The van der Waals surface area contributed by atoms with Gasteiger partial charge in [-0.2, -0.15) is 0 Å². The van der Waals surface area contributed by atoms with Gasteiger partial charge in [0.2, 0.25) is 5.91 Å². The van der Waals surface area contributed by atoms with E-state index in [1.165, 1.54) is 29.0 Å². The average Bonchev–Trinajstić information content (AvgIpc) is 3.30. The molecule has 1 saturated heterocycles. The van der Waals surface area contributed by atoms with E-state index < -0.39 is 0 Å². The van der Waals surface area contributed by atoms with Crippen LogP contribution in [0, 0.1) is 13.8 Å². The highest BCUT2D eigenvalue weighted by Gasteiger charge is 2.29. The molecule has 1 fully saturated rings. The quantitative estimate of drug-likeness (QED) is 0.621. The number of amides is 1. The number of nitrogens with one attached hydrogen (secondary N) is 1. The highest BCUT2D eigenvalue weighted by atomic mass is 32.1. The van der Waals surface area contributed by atoms with Gasteiger partial charge in [-0.3, -0.25) is 9.69 Å². The molecule has 3 aromatic rings. The summed E-state index contributed by atoms with van der Waals surface area (Å²) >= 11 is 1.77. The van der Waals surface area contributed by atoms with Crippen molar-refractivity contribution in [3.05, 3.63) is 22.6 Å². The van der Waals surface area contributed by atoms with Crippen molar-refractivity contribution in [3.63, 3.8) is 0 Å². The van der Waals surface area contributed by atoms with Gasteiger partial charge in [-0.25, -0.2) is 15.0 Å². The minimum atomic E-state index is 0.0993. The van der Waals surface area contributed by atoms with Gasteiger partial charge in [-0.1, -0.05) is 0 Å². The fourth-order valence-corrected chi connectivity index (χ4v) is 5.98. The fourth-order valence-electron chi connectivity index (χ4n) is 5.00. The van der Waals surface area contributed by atoms with E-state index in [9.17, 15) is 4.79 Å². The van der Waals surface area contributed by atoms with Crippen LogP contribution in [0.3, 0.4) is 0 Å². The van der Waals surface area contributed by atoms with E-state index in [0.717, 1.165) is 66.7 Å². The van der Waals surface area contributed by atoms with E-state index in [-0.39, 0.29) is 11.9 Å². The highest BCUT2D eigenvalue weighted by Crippen LogP contribution is 2.41. The first-order valence-electron chi connectivity index (χ1n) is 12.0. The van der Waals surface area contributed by atoms with E-state index in [4.69, 9.17) is 15.0 Å². The fraction of sp³-hybridized carbons (Fsp3) is 0.583. The number of carbonyl (C=O) groups excluding carboxylic acids is 1. The second-order valence-corrected chi connectivity index (χ2v) is 10.7. The largest absolute Gasteiger partial charge is 0.353 e. The number of nitrogens with zero attached hydrogens (tertiary/aromatic N) is 6. The third-order valence-electron chi connectivity index (χ3n) is 6.70. The third kappa shape index (κ3) is 4.24. The molecule has 0 aliphatic carbocycles. The van der Waals surface area contributed by atoms with Gasteiger partial charge in [-0.05, 0) is 47.0 Å². The van der Waals surface area contributed by atoms with Crippen LogP contribution < -0.4 is 10.2 Å². The molecule has 0 unspecified atom stereocenters. The number of hydrogen-bond donors (Lipinski definition) is 1. The van der Waals surface area contributed by atoms with Gasteiger partial charge in [0.25, 0.3) is 0 Å². The Morgan fingerprint density at radius 3 is 2.61 bits per heavy atom. The van der Waals surface area contributed by atoms with Crippen molar-refractivity contribution in [2.45, 2.75) is 59.5 Å². The number of hydrogen-bond acceptors (Lipinski definition) is 7. The van der Waals surface area contributed by atoms with Crippen molar-refractivity contribution in [2.75, 3.05) is 37.6 Å². The lowest BCUT2D eigenvalue weighted by atomic mass is 10.1. The maximum Gasteiger partial charge on any atom is 0.234 e. The molecular weight excluding hydrogens is 434 g/mol. The maximum absolute atomic E-state index is 12.2. The average molecular weight is 468 g/mol. The zero-order chi connectivity index (χ0) is 23.1. The molecule has 33 heavy (non-hydrogen) atoms. The SMILES string of the molecule is Cc1nc(-c2c3n(c4c(N5CCN(CC(=O)NC(C)C)CC5)ncnc24)CCCC3)sc1C. The Labute approximate surface area is 199 Å². The van der Waals surface area contributed by atoms with Crippen LogP contribution in [0.1, 0.15) is 43.0 Å². The Bertz CT molecular complexity index is 1150. The van der Waals surface area contributed by atoms with Gasteiger partial charge in [-0.15, -0.1) is 11.3 Å². The lowest BCUT2D eigenvalue weighted by Gasteiger charge is -2.35. The molecule has 1 N–H and O–H groups in total. The van der Waals surface area contributed by atoms with Gasteiger partial charge in [0, 0.05) is 49.3 Å². The van der Waals surface area contributed by atoms with Crippen molar-refractivity contribution < 1.29 is 4.79 Å². The van der Waals surface area contributed by atoms with Crippen LogP contribution in [0.25, 0.3) is 21.6 Å². The smallest absolute Gasteiger partial charge is 0.234 e. The van der Waals surface area contributed by atoms with Gasteiger partial charge < -0.3 is 14.8 Å². The molecule has 2 aliphatic rings. The van der Waals surface area contributed by atoms with Crippen molar-refractivity contribution in [1.29, 1.82) is 0 Å². The maximum atomic E-state index is 12.2. The van der Waals surface area contributed by atoms with Crippen molar-refractivity contribution in [3.8, 4) is 10.6 Å². The molecule has 5 heterocycles. The van der Waals surface area contributed by atoms with Crippen molar-refractivity contribution in [2.24, 2.45) is 0 Å². The predicted molar refractivity (Wildman–Crippen MR) is 133 cm³/mol. The molecule has 176 valence electrons. The summed E-state index contributed by atoms with van der Waals surface area (Å²) in [4.78, 5) is 32.5. The van der Waals surface area contributed by atoms with Crippen molar-refractivity contribution in [1.82, 2.24) is 29.7 Å². The van der Waals surface area contributed by atoms with E-state index in [1.54, 1.807) is 17.7 Å². The Hall–Kier alpha value is -2.52. The lowest BCUT2D eigenvalue weighted by Crippen LogP contribution is -2.50. The number of aromatic nitrogens is 4. The summed E-state index contributed by atoms with van der Waals surface area (Å²) in [5.74, 6) is 1.12. The molecule has 2 aliphatic heterocycles. The van der Waals surface area contributed by atoms with Crippen LogP contribution in [0.2, 0.25) is 0 Å². The summed E-state index contributed by atoms with van der Waals surface area (Å²) in [5, 5.41) is 4.07. The van der Waals surface area contributed by atoms with E-state index in [2.05, 4.69) is 33.5 Å². The number of aryl methyl sites for hydroxylation is 3. The summed E-state index contributed by atoms with van der Waals surface area (Å²) in [5.41, 5.74) is 5.85. The second kappa shape index (κ2) is 9.02. The van der Waals surface area contributed by atoms with Gasteiger partial charge in [0.05, 0.1) is 17.8 Å². The summed E-state index contributed by atoms with van der Waals surface area (Å²) < 4.78 is 2.46. The summed E-state index contributed by atoms with van der Waals surface area (Å²) in [6, 6.07) is 0.174. The van der Waals surface area contributed by atoms with Crippen LogP contribution in [-0.2, 0) is 17.8 Å². The van der Waals surface area contributed by atoms with E-state index >= 15 is 0 Å². The lowest BCUT2D eigenvalue weighted by molar-refractivity contribution is -0.122. The number of thiazole rings is 1. The standard InChI is InChI=1S/C24H33N7OS/c1-15(2)27-19(32)13-29-9-11-30(12-10-29)23-22-21(25-14-26-23)20(18-7-5-6-8-31(18)22)24-28-16(3)17(4)33-24/h14-15H,5-13H2,1-4H3,(H,27,32). The van der Waals surface area contributed by atoms with Crippen LogP contribution in [0.4, 0.5) is 5.82 Å². The number of carbonyl (C=O) groups is 1. The number of rotatable bonds is 5. The minimum absolute atomic E-state index is 0.0993. The Morgan fingerprint density at radius 2 is 1.91 bits per heavy atom. The zero-order valence-corrected chi connectivity index (χ0v) is 20.8. The molecule has 5 rings (SSSR count). The third-order valence-corrected chi connectivity index (χ3v) is 7.79.